The van der Waals surface area contributed by atoms with E-state index in [-0.39, 0.29) is 16.5 Å². The second-order valence-electron chi connectivity index (χ2n) is 6.89. The predicted octanol–water partition coefficient (Wildman–Crippen LogP) is 3.81. The van der Waals surface area contributed by atoms with Crippen molar-refractivity contribution in [3.8, 4) is 11.6 Å². The summed E-state index contributed by atoms with van der Waals surface area (Å²) in [4.78, 5) is 3.05. The van der Waals surface area contributed by atoms with Crippen molar-refractivity contribution in [2.45, 2.75) is 44.4 Å². The number of H-pyrrole nitrogens is 1. The first-order chi connectivity index (χ1) is 12.8. The molecule has 9 heteroatoms. The van der Waals surface area contributed by atoms with Crippen LogP contribution in [0.4, 0.5) is 10.1 Å². The molecule has 7 nitrogen and oxygen atoms in total. The average Bonchev–Trinajstić information content (AvgIpc) is 3.23. The summed E-state index contributed by atoms with van der Waals surface area (Å²) < 4.78 is 47.9. The van der Waals surface area contributed by atoms with Crippen LogP contribution in [0.25, 0.3) is 11.6 Å². The van der Waals surface area contributed by atoms with E-state index < -0.39 is 15.8 Å². The third kappa shape index (κ3) is 3.23. The van der Waals surface area contributed by atoms with Gasteiger partial charge in [-0.05, 0) is 51.3 Å². The van der Waals surface area contributed by atoms with Crippen LogP contribution >= 0.6 is 0 Å². The van der Waals surface area contributed by atoms with Gasteiger partial charge < -0.3 is 9.40 Å². The standard InChI is InChI=1S/C18H19FN4O3S/c1-9-4-7-14(13(19)8-9)23-27(24,25)16-10(2)15(20-11(16)3)18-22-21-17(26-18)12-5-6-12/h4,7-8,12,20,23H,5-6H2,1-3H3. The largest absolute Gasteiger partial charge is 0.419 e. The molecule has 2 N–H and O–H groups in total. The minimum atomic E-state index is -4.01. The monoisotopic (exact) mass is 390 g/mol. The minimum absolute atomic E-state index is 0.0450. The van der Waals surface area contributed by atoms with Gasteiger partial charge in [0.1, 0.15) is 16.4 Å². The van der Waals surface area contributed by atoms with Gasteiger partial charge >= 0.3 is 0 Å². The molecule has 0 unspecified atom stereocenters. The maximum absolute atomic E-state index is 14.1. The van der Waals surface area contributed by atoms with E-state index in [2.05, 4.69) is 19.9 Å². The highest BCUT2D eigenvalue weighted by Crippen LogP contribution is 2.40. The van der Waals surface area contributed by atoms with Crippen LogP contribution < -0.4 is 4.72 Å². The minimum Gasteiger partial charge on any atom is -0.419 e. The lowest BCUT2D eigenvalue weighted by atomic mass is 10.2. The number of sulfonamides is 1. The van der Waals surface area contributed by atoms with E-state index in [1.807, 2.05) is 0 Å². The van der Waals surface area contributed by atoms with Crippen LogP contribution in [0.3, 0.4) is 0 Å². The lowest BCUT2D eigenvalue weighted by Gasteiger charge is -2.10. The van der Waals surface area contributed by atoms with Crippen LogP contribution in [0.2, 0.25) is 0 Å². The Morgan fingerprint density at radius 1 is 1.22 bits per heavy atom. The first-order valence-electron chi connectivity index (χ1n) is 8.58. The Morgan fingerprint density at radius 3 is 2.63 bits per heavy atom. The average molecular weight is 390 g/mol. The second-order valence-corrected chi connectivity index (χ2v) is 8.51. The van der Waals surface area contributed by atoms with Gasteiger partial charge in [-0.25, -0.2) is 12.8 Å². The lowest BCUT2D eigenvalue weighted by molar-refractivity contribution is 0.507. The summed E-state index contributed by atoms with van der Waals surface area (Å²) in [7, 11) is -4.01. The molecular weight excluding hydrogens is 371 g/mol. The number of aryl methyl sites for hydroxylation is 2. The van der Waals surface area contributed by atoms with Gasteiger partial charge in [0.15, 0.2) is 0 Å². The fraction of sp³-hybridized carbons (Fsp3) is 0.333. The number of aromatic amines is 1. The molecule has 0 radical (unpaired) electrons. The zero-order chi connectivity index (χ0) is 19.3. The highest BCUT2D eigenvalue weighted by atomic mass is 32.2. The lowest BCUT2D eigenvalue weighted by Crippen LogP contribution is -2.15. The van der Waals surface area contributed by atoms with Crippen LogP contribution in [0, 0.1) is 26.6 Å². The summed E-state index contributed by atoms with van der Waals surface area (Å²) in [5.74, 6) is 0.494. The highest BCUT2D eigenvalue weighted by molar-refractivity contribution is 7.92. The van der Waals surface area contributed by atoms with Crippen LogP contribution in [-0.4, -0.2) is 23.6 Å². The van der Waals surface area contributed by atoms with E-state index >= 15 is 0 Å². The molecule has 1 fully saturated rings. The molecular formula is C18H19FN4O3S. The summed E-state index contributed by atoms with van der Waals surface area (Å²) in [6.45, 7) is 5.02. The zero-order valence-electron chi connectivity index (χ0n) is 15.1. The third-order valence-electron chi connectivity index (χ3n) is 4.59. The Bertz CT molecular complexity index is 1130. The zero-order valence-corrected chi connectivity index (χ0v) is 15.9. The van der Waals surface area contributed by atoms with Crippen molar-refractivity contribution in [2.24, 2.45) is 0 Å². The van der Waals surface area contributed by atoms with E-state index in [0.717, 1.165) is 12.8 Å². The van der Waals surface area contributed by atoms with Gasteiger partial charge in [0.2, 0.25) is 5.89 Å². The van der Waals surface area contributed by atoms with Crippen molar-refractivity contribution >= 4 is 15.7 Å². The van der Waals surface area contributed by atoms with Crippen LogP contribution in [0.15, 0.2) is 27.5 Å². The van der Waals surface area contributed by atoms with Crippen molar-refractivity contribution in [1.82, 2.24) is 15.2 Å². The van der Waals surface area contributed by atoms with E-state index in [1.165, 1.54) is 12.1 Å². The van der Waals surface area contributed by atoms with Gasteiger partial charge in [-0.15, -0.1) is 10.2 Å². The summed E-state index contributed by atoms with van der Waals surface area (Å²) in [6.07, 6.45) is 2.05. The Kier molecular flexibility index (Phi) is 4.06. The molecule has 1 aliphatic carbocycles. The van der Waals surface area contributed by atoms with Gasteiger partial charge in [-0.3, -0.25) is 4.72 Å². The van der Waals surface area contributed by atoms with Gasteiger partial charge in [-0.2, -0.15) is 0 Å². The number of benzene rings is 1. The quantitative estimate of drug-likeness (QED) is 0.690. The Hall–Kier alpha value is -2.68. The van der Waals surface area contributed by atoms with E-state index in [1.54, 1.807) is 26.8 Å². The normalized spacial score (nSPS) is 14.5. The summed E-state index contributed by atoms with van der Waals surface area (Å²) in [5, 5.41) is 8.06. The van der Waals surface area contributed by atoms with Gasteiger partial charge in [0.25, 0.3) is 15.9 Å². The van der Waals surface area contributed by atoms with E-state index in [9.17, 15) is 12.8 Å². The molecule has 0 spiro atoms. The fourth-order valence-electron chi connectivity index (χ4n) is 3.08. The van der Waals surface area contributed by atoms with Gasteiger partial charge in [0.05, 0.1) is 5.69 Å². The van der Waals surface area contributed by atoms with Gasteiger partial charge in [0, 0.05) is 17.2 Å². The maximum Gasteiger partial charge on any atom is 0.264 e. The molecule has 0 bridgehead atoms. The van der Waals surface area contributed by atoms with Crippen molar-refractivity contribution in [3.05, 3.63) is 46.7 Å². The van der Waals surface area contributed by atoms with Crippen molar-refractivity contribution < 1.29 is 17.2 Å². The van der Waals surface area contributed by atoms with E-state index in [0.29, 0.717) is 34.3 Å². The number of hydrogen-bond donors (Lipinski definition) is 2. The van der Waals surface area contributed by atoms with Crippen LogP contribution in [-0.2, 0) is 10.0 Å². The summed E-state index contributed by atoms with van der Waals surface area (Å²) in [6, 6.07) is 4.32. The Labute approximate surface area is 156 Å². The smallest absolute Gasteiger partial charge is 0.264 e. The number of aromatic nitrogens is 3. The Morgan fingerprint density at radius 2 is 1.96 bits per heavy atom. The summed E-state index contributed by atoms with van der Waals surface area (Å²) >= 11 is 0. The van der Waals surface area contributed by atoms with E-state index in [4.69, 9.17) is 4.42 Å². The fourth-order valence-corrected chi connectivity index (χ4v) is 4.60. The highest BCUT2D eigenvalue weighted by Gasteiger charge is 2.31. The van der Waals surface area contributed by atoms with Gasteiger partial charge in [-0.1, -0.05) is 6.07 Å². The molecule has 27 heavy (non-hydrogen) atoms. The molecule has 0 atom stereocenters. The molecule has 2 aromatic heterocycles. The first-order valence-corrected chi connectivity index (χ1v) is 10.1. The number of halogens is 1. The Balaban J connectivity index is 1.71. The SMILES string of the molecule is Cc1ccc(NS(=O)(=O)c2c(C)[nH]c(-c3nnc(C4CC4)o3)c2C)c(F)c1. The molecule has 1 aliphatic rings. The van der Waals surface area contributed by atoms with Crippen molar-refractivity contribution in [1.29, 1.82) is 0 Å². The van der Waals surface area contributed by atoms with Crippen LogP contribution in [0.1, 0.15) is 41.5 Å². The predicted molar refractivity (Wildman–Crippen MR) is 97.5 cm³/mol. The first kappa shape index (κ1) is 17.7. The maximum atomic E-state index is 14.1. The van der Waals surface area contributed by atoms with Crippen LogP contribution in [0.5, 0.6) is 0 Å². The number of hydrogen-bond acceptors (Lipinski definition) is 5. The molecule has 0 saturated heterocycles. The molecule has 0 amide bonds. The third-order valence-corrected chi connectivity index (χ3v) is 6.23. The van der Waals surface area contributed by atoms with Crippen molar-refractivity contribution in [3.63, 3.8) is 0 Å². The number of rotatable bonds is 5. The van der Waals surface area contributed by atoms with Crippen molar-refractivity contribution in [2.75, 3.05) is 4.72 Å². The number of nitrogens with one attached hydrogen (secondary N) is 2. The number of nitrogens with zero attached hydrogens (tertiary/aromatic N) is 2. The number of anilines is 1. The molecule has 1 saturated carbocycles. The molecule has 0 aliphatic heterocycles. The summed E-state index contributed by atoms with van der Waals surface area (Å²) in [5.41, 5.74) is 1.91. The topological polar surface area (TPSA) is 101 Å². The molecule has 1 aromatic carbocycles. The second kappa shape index (κ2) is 6.19. The molecule has 142 valence electrons. The molecule has 4 rings (SSSR count). The molecule has 3 aromatic rings. The molecule has 2 heterocycles.